The Morgan fingerprint density at radius 3 is 2.82 bits per heavy atom. The zero-order valence-electron chi connectivity index (χ0n) is 5.61. The minimum absolute atomic E-state index is 0.120. The van der Waals surface area contributed by atoms with Crippen LogP contribution in [0.25, 0.3) is 0 Å². The predicted octanol–water partition coefficient (Wildman–Crippen LogP) is 1.08. The average Bonchev–Trinajstić information content (AvgIpc) is 2.05. The Hall–Kier alpha value is -1.82. The molecule has 54 valence electrons. The van der Waals surface area contributed by atoms with E-state index in [0.717, 1.165) is 0 Å². The highest BCUT2D eigenvalue weighted by Crippen LogP contribution is 2.19. The zero-order chi connectivity index (χ0) is 8.27. The number of phenolic OH excluding ortho intramolecular Hbond substituents is 1. The molecule has 0 amide bonds. The average molecular weight is 147 g/mol. The van der Waals surface area contributed by atoms with Crippen molar-refractivity contribution in [1.29, 1.82) is 5.26 Å². The molecule has 0 radical (unpaired) electrons. The van der Waals surface area contributed by atoms with E-state index in [1.165, 1.54) is 12.1 Å². The highest BCUT2D eigenvalue weighted by atomic mass is 16.3. The summed E-state index contributed by atoms with van der Waals surface area (Å²) in [7, 11) is 0. The van der Waals surface area contributed by atoms with Gasteiger partial charge in [0.2, 0.25) is 0 Å². The first-order valence-corrected chi connectivity index (χ1v) is 2.97. The zero-order valence-corrected chi connectivity index (χ0v) is 5.61. The van der Waals surface area contributed by atoms with Crippen LogP contribution in [0.15, 0.2) is 18.2 Å². The number of benzene rings is 1. The summed E-state index contributed by atoms with van der Waals surface area (Å²) in [6, 6.07) is 6.20. The summed E-state index contributed by atoms with van der Waals surface area (Å²) in [5.74, 6) is -0.245. The Labute approximate surface area is 63.5 Å². The number of aldehydes is 1. The Bertz CT molecular complexity index is 325. The molecule has 0 aliphatic heterocycles. The summed E-state index contributed by atoms with van der Waals surface area (Å²) >= 11 is 0. The van der Waals surface area contributed by atoms with Gasteiger partial charge in [-0.15, -0.1) is 0 Å². The van der Waals surface area contributed by atoms with Crippen molar-refractivity contribution in [1.82, 2.24) is 0 Å². The fraction of sp³-hybridized carbons (Fsp3) is 0. The van der Waals surface area contributed by atoms with Crippen LogP contribution >= 0.6 is 0 Å². The summed E-state index contributed by atoms with van der Waals surface area (Å²) in [6.07, 6.45) is 0.510. The molecule has 1 rings (SSSR count). The third-order valence-corrected chi connectivity index (χ3v) is 1.31. The second-order valence-corrected chi connectivity index (χ2v) is 1.97. The topological polar surface area (TPSA) is 61.1 Å². The lowest BCUT2D eigenvalue weighted by atomic mass is 10.1. The van der Waals surface area contributed by atoms with Crippen LogP contribution in [0.4, 0.5) is 0 Å². The Balaban J connectivity index is 3.34. The maximum atomic E-state index is 10.2. The molecule has 0 aliphatic carbocycles. The van der Waals surface area contributed by atoms with Gasteiger partial charge in [-0.3, -0.25) is 4.79 Å². The number of carbonyl (C=O) groups excluding carboxylic acids is 1. The fourth-order valence-electron chi connectivity index (χ4n) is 0.747. The van der Waals surface area contributed by atoms with Crippen LogP contribution in [0.2, 0.25) is 0 Å². The van der Waals surface area contributed by atoms with Crippen LogP contribution in [-0.4, -0.2) is 11.4 Å². The van der Waals surface area contributed by atoms with E-state index in [4.69, 9.17) is 10.4 Å². The third-order valence-electron chi connectivity index (χ3n) is 1.31. The normalized spacial score (nSPS) is 8.64. The summed E-state index contributed by atoms with van der Waals surface area (Å²) in [5, 5.41) is 17.5. The quantitative estimate of drug-likeness (QED) is 0.604. The second kappa shape index (κ2) is 2.84. The summed E-state index contributed by atoms with van der Waals surface area (Å²) in [5.41, 5.74) is 0.263. The smallest absolute Gasteiger partial charge is 0.153 e. The molecule has 1 N–H and O–H groups in total. The van der Waals surface area contributed by atoms with Gasteiger partial charge in [0.15, 0.2) is 6.29 Å². The van der Waals surface area contributed by atoms with Crippen LogP contribution in [0.5, 0.6) is 5.75 Å². The number of para-hydroxylation sites is 1. The number of phenols is 1. The van der Waals surface area contributed by atoms with E-state index >= 15 is 0 Å². The van der Waals surface area contributed by atoms with Gasteiger partial charge >= 0.3 is 0 Å². The number of hydrogen-bond donors (Lipinski definition) is 1. The molecule has 0 atom stereocenters. The molecule has 3 heteroatoms. The molecule has 0 unspecified atom stereocenters. The number of hydrogen-bond acceptors (Lipinski definition) is 3. The predicted molar refractivity (Wildman–Crippen MR) is 38.2 cm³/mol. The lowest BCUT2D eigenvalue weighted by Crippen LogP contribution is -1.83. The first kappa shape index (κ1) is 7.29. The van der Waals surface area contributed by atoms with Crippen molar-refractivity contribution in [2.75, 3.05) is 0 Å². The van der Waals surface area contributed by atoms with E-state index < -0.39 is 0 Å². The van der Waals surface area contributed by atoms with Gasteiger partial charge < -0.3 is 5.11 Å². The molecule has 1 aromatic carbocycles. The molecule has 0 saturated heterocycles. The molecule has 0 aromatic heterocycles. The van der Waals surface area contributed by atoms with Crippen LogP contribution in [-0.2, 0) is 0 Å². The minimum atomic E-state index is -0.245. The van der Waals surface area contributed by atoms with Crippen molar-refractivity contribution in [2.24, 2.45) is 0 Å². The lowest BCUT2D eigenvalue weighted by Gasteiger charge is -1.96. The van der Waals surface area contributed by atoms with Gasteiger partial charge in [-0.1, -0.05) is 6.07 Å². The lowest BCUT2D eigenvalue weighted by molar-refractivity contribution is 0.112. The molecule has 0 fully saturated rings. The van der Waals surface area contributed by atoms with Crippen molar-refractivity contribution >= 4 is 6.29 Å². The highest BCUT2D eigenvalue weighted by molar-refractivity contribution is 5.80. The molecule has 1 aromatic rings. The fourth-order valence-corrected chi connectivity index (χ4v) is 0.747. The monoisotopic (exact) mass is 147 g/mol. The van der Waals surface area contributed by atoms with Crippen LogP contribution in [0.3, 0.4) is 0 Å². The highest BCUT2D eigenvalue weighted by Gasteiger charge is 2.03. The maximum Gasteiger partial charge on any atom is 0.153 e. The van der Waals surface area contributed by atoms with Crippen molar-refractivity contribution < 1.29 is 9.90 Å². The number of rotatable bonds is 1. The van der Waals surface area contributed by atoms with Gasteiger partial charge in [0, 0.05) is 0 Å². The maximum absolute atomic E-state index is 10.2. The Kier molecular flexibility index (Phi) is 1.88. The SMILES string of the molecule is N#Cc1cccc(C=O)c1O. The summed E-state index contributed by atoms with van der Waals surface area (Å²) < 4.78 is 0. The molecule has 0 heterocycles. The van der Waals surface area contributed by atoms with E-state index in [-0.39, 0.29) is 16.9 Å². The molecule has 0 aliphatic rings. The third kappa shape index (κ3) is 1.19. The number of carbonyl (C=O) groups is 1. The number of nitrogens with zero attached hydrogens (tertiary/aromatic N) is 1. The van der Waals surface area contributed by atoms with Gasteiger partial charge in [-0.2, -0.15) is 5.26 Å². The van der Waals surface area contributed by atoms with Crippen molar-refractivity contribution in [2.45, 2.75) is 0 Å². The van der Waals surface area contributed by atoms with E-state index in [1.54, 1.807) is 12.1 Å². The molecule has 11 heavy (non-hydrogen) atoms. The van der Waals surface area contributed by atoms with Crippen molar-refractivity contribution in [3.8, 4) is 11.8 Å². The molecule has 0 bridgehead atoms. The first-order valence-electron chi connectivity index (χ1n) is 2.97. The second-order valence-electron chi connectivity index (χ2n) is 1.97. The van der Waals surface area contributed by atoms with E-state index in [2.05, 4.69) is 0 Å². The number of aromatic hydroxyl groups is 1. The molecular weight excluding hydrogens is 142 g/mol. The van der Waals surface area contributed by atoms with Crippen molar-refractivity contribution in [3.05, 3.63) is 29.3 Å². The van der Waals surface area contributed by atoms with Crippen LogP contribution in [0, 0.1) is 11.3 Å². The van der Waals surface area contributed by atoms with Crippen LogP contribution < -0.4 is 0 Å². The molecule has 0 spiro atoms. The van der Waals surface area contributed by atoms with Gasteiger partial charge in [0.05, 0.1) is 11.1 Å². The molecule has 3 nitrogen and oxygen atoms in total. The van der Waals surface area contributed by atoms with Gasteiger partial charge in [0.25, 0.3) is 0 Å². The van der Waals surface area contributed by atoms with Crippen molar-refractivity contribution in [3.63, 3.8) is 0 Å². The van der Waals surface area contributed by atoms with E-state index in [0.29, 0.717) is 6.29 Å². The van der Waals surface area contributed by atoms with Gasteiger partial charge in [-0.25, -0.2) is 0 Å². The standard InChI is InChI=1S/C8H5NO2/c9-4-6-2-1-3-7(5-10)8(6)11/h1-3,5,11H. The largest absolute Gasteiger partial charge is 0.506 e. The molecule has 0 saturated carbocycles. The summed E-state index contributed by atoms with van der Waals surface area (Å²) in [4.78, 5) is 10.2. The minimum Gasteiger partial charge on any atom is -0.506 e. The van der Waals surface area contributed by atoms with Gasteiger partial charge in [-0.05, 0) is 12.1 Å². The molecular formula is C8H5NO2. The van der Waals surface area contributed by atoms with E-state index in [9.17, 15) is 4.79 Å². The first-order chi connectivity index (χ1) is 5.29. The Morgan fingerprint density at radius 1 is 1.55 bits per heavy atom. The Morgan fingerprint density at radius 2 is 2.27 bits per heavy atom. The van der Waals surface area contributed by atoms with Crippen LogP contribution in [0.1, 0.15) is 15.9 Å². The number of nitriles is 1. The van der Waals surface area contributed by atoms with E-state index in [1.807, 2.05) is 0 Å². The van der Waals surface area contributed by atoms with Gasteiger partial charge in [0.1, 0.15) is 11.8 Å². The summed E-state index contributed by atoms with van der Waals surface area (Å²) in [6.45, 7) is 0.